The van der Waals surface area contributed by atoms with Gasteiger partial charge in [0.15, 0.2) is 11.2 Å². The zero-order valence-corrected chi connectivity index (χ0v) is 17.1. The molecule has 3 heterocycles. The van der Waals surface area contributed by atoms with Crippen LogP contribution in [0.25, 0.3) is 22.3 Å². The Balaban J connectivity index is 1.56. The first kappa shape index (κ1) is 19.2. The summed E-state index contributed by atoms with van der Waals surface area (Å²) in [6, 6.07) is 9.32. The van der Waals surface area contributed by atoms with Gasteiger partial charge in [0.25, 0.3) is 5.56 Å². The van der Waals surface area contributed by atoms with E-state index >= 15 is 0 Å². The molecule has 0 spiro atoms. The summed E-state index contributed by atoms with van der Waals surface area (Å²) in [7, 11) is 2.93. The lowest BCUT2D eigenvalue weighted by Gasteiger charge is -2.07. The maximum atomic E-state index is 12.5. The van der Waals surface area contributed by atoms with E-state index in [0.717, 1.165) is 15.7 Å². The number of amides is 1. The van der Waals surface area contributed by atoms with E-state index in [1.165, 1.54) is 40.9 Å². The van der Waals surface area contributed by atoms with Gasteiger partial charge in [-0.15, -0.1) is 11.3 Å². The van der Waals surface area contributed by atoms with Crippen molar-refractivity contribution in [3.8, 4) is 11.1 Å². The second-order valence-corrected chi connectivity index (χ2v) is 7.85. The molecule has 0 aliphatic rings. The number of imidazole rings is 1. The molecule has 0 saturated carbocycles. The van der Waals surface area contributed by atoms with E-state index < -0.39 is 11.2 Å². The smallest absolute Gasteiger partial charge is 0.316 e. The van der Waals surface area contributed by atoms with Crippen LogP contribution in [0.1, 0.15) is 0 Å². The molecule has 1 N–H and O–H groups in total. The van der Waals surface area contributed by atoms with Gasteiger partial charge in [-0.1, -0.05) is 23.7 Å². The Morgan fingerprint density at radius 1 is 1.14 bits per heavy atom. The van der Waals surface area contributed by atoms with Crippen molar-refractivity contribution in [2.24, 2.45) is 14.1 Å². The number of anilines is 1. The Hall–Kier alpha value is -3.17. The number of fused-ring (bicyclic) bond motifs is 1. The molecule has 0 saturated heterocycles. The fraction of sp³-hybridized carbons (Fsp3) is 0.158. The number of nitrogens with one attached hydrogen (secondary N) is 1. The highest BCUT2D eigenvalue weighted by Crippen LogP contribution is 2.29. The number of halogens is 1. The molecule has 3 aromatic heterocycles. The number of benzene rings is 1. The van der Waals surface area contributed by atoms with Gasteiger partial charge in [-0.3, -0.25) is 18.7 Å². The Morgan fingerprint density at radius 3 is 2.59 bits per heavy atom. The Bertz CT molecular complexity index is 1350. The Kier molecular flexibility index (Phi) is 4.85. The van der Waals surface area contributed by atoms with Crippen LogP contribution >= 0.6 is 22.9 Å². The lowest BCUT2D eigenvalue weighted by atomic mass is 10.1. The average Bonchev–Trinajstić information content (AvgIpc) is 3.32. The average molecular weight is 430 g/mol. The van der Waals surface area contributed by atoms with Gasteiger partial charge >= 0.3 is 5.69 Å². The lowest BCUT2D eigenvalue weighted by Crippen LogP contribution is -2.37. The first-order valence-electron chi connectivity index (χ1n) is 8.60. The lowest BCUT2D eigenvalue weighted by molar-refractivity contribution is -0.116. The van der Waals surface area contributed by atoms with Gasteiger partial charge in [-0.25, -0.2) is 9.78 Å². The molecule has 0 fully saturated rings. The topological polar surface area (TPSA) is 90.9 Å². The number of aryl methyl sites for hydroxylation is 1. The fourth-order valence-corrected chi connectivity index (χ4v) is 4.00. The first-order valence-corrected chi connectivity index (χ1v) is 9.86. The summed E-state index contributed by atoms with van der Waals surface area (Å²) in [6.07, 6.45) is 1.39. The number of hydrogen-bond acceptors (Lipinski definition) is 5. The van der Waals surface area contributed by atoms with Crippen LogP contribution in [0.4, 0.5) is 5.00 Å². The minimum absolute atomic E-state index is 0.0991. The zero-order chi connectivity index (χ0) is 20.7. The minimum atomic E-state index is -0.491. The van der Waals surface area contributed by atoms with E-state index in [4.69, 9.17) is 11.6 Å². The van der Waals surface area contributed by atoms with E-state index in [2.05, 4.69) is 10.3 Å². The van der Waals surface area contributed by atoms with Gasteiger partial charge in [0, 0.05) is 24.5 Å². The van der Waals surface area contributed by atoms with Gasteiger partial charge in [0.1, 0.15) is 6.54 Å². The Labute approximate surface area is 173 Å². The number of carbonyl (C=O) groups excluding carboxylic acids is 1. The van der Waals surface area contributed by atoms with Crippen LogP contribution in [-0.2, 0) is 25.4 Å². The monoisotopic (exact) mass is 429 g/mol. The first-order chi connectivity index (χ1) is 13.8. The molecule has 10 heteroatoms. The third kappa shape index (κ3) is 3.50. The third-order valence-corrected chi connectivity index (χ3v) is 5.67. The highest BCUT2D eigenvalue weighted by atomic mass is 35.5. The van der Waals surface area contributed by atoms with E-state index in [-0.39, 0.29) is 23.6 Å². The molecule has 8 nitrogen and oxygen atoms in total. The highest BCUT2D eigenvalue weighted by molar-refractivity contribution is 7.14. The molecular weight excluding hydrogens is 414 g/mol. The third-order valence-electron chi connectivity index (χ3n) is 4.57. The Morgan fingerprint density at radius 2 is 1.86 bits per heavy atom. The predicted octanol–water partition coefficient (Wildman–Crippen LogP) is 2.45. The van der Waals surface area contributed by atoms with Gasteiger partial charge in [0.2, 0.25) is 5.91 Å². The van der Waals surface area contributed by atoms with Crippen molar-refractivity contribution in [3.63, 3.8) is 0 Å². The molecule has 4 aromatic rings. The van der Waals surface area contributed by atoms with Gasteiger partial charge in [-0.2, -0.15) is 0 Å². The molecule has 1 aromatic carbocycles. The van der Waals surface area contributed by atoms with Crippen LogP contribution in [0.3, 0.4) is 0 Å². The summed E-state index contributed by atoms with van der Waals surface area (Å²) in [5, 5.41) is 6.12. The quantitative estimate of drug-likeness (QED) is 0.539. The molecular formula is C19H16ClN5O3S. The van der Waals surface area contributed by atoms with Gasteiger partial charge < -0.3 is 9.88 Å². The molecule has 4 rings (SSSR count). The van der Waals surface area contributed by atoms with Crippen LogP contribution in [0, 0.1) is 0 Å². The zero-order valence-electron chi connectivity index (χ0n) is 15.5. The summed E-state index contributed by atoms with van der Waals surface area (Å²) >= 11 is 7.32. The fourth-order valence-electron chi connectivity index (χ4n) is 3.04. The summed E-state index contributed by atoms with van der Waals surface area (Å²) < 4.78 is 3.72. The molecule has 1 amide bonds. The maximum absolute atomic E-state index is 12.5. The molecule has 148 valence electrons. The molecule has 0 atom stereocenters. The number of carbonyl (C=O) groups is 1. The van der Waals surface area contributed by atoms with E-state index in [1.54, 1.807) is 0 Å². The van der Waals surface area contributed by atoms with Crippen molar-refractivity contribution in [1.29, 1.82) is 0 Å². The minimum Gasteiger partial charge on any atom is -0.316 e. The van der Waals surface area contributed by atoms with E-state index in [1.807, 2.05) is 35.7 Å². The van der Waals surface area contributed by atoms with Crippen LogP contribution in [0.5, 0.6) is 0 Å². The van der Waals surface area contributed by atoms with E-state index in [0.29, 0.717) is 10.0 Å². The van der Waals surface area contributed by atoms with Crippen LogP contribution in [0.15, 0.2) is 51.6 Å². The summed E-state index contributed by atoms with van der Waals surface area (Å²) in [5.41, 5.74) is 1.46. The molecule has 0 radical (unpaired) electrons. The van der Waals surface area contributed by atoms with Crippen molar-refractivity contribution in [2.75, 3.05) is 5.32 Å². The second kappa shape index (κ2) is 7.34. The molecule has 0 bridgehead atoms. The summed E-state index contributed by atoms with van der Waals surface area (Å²) in [6.45, 7) is -0.0991. The summed E-state index contributed by atoms with van der Waals surface area (Å²) in [4.78, 5) is 41.1. The van der Waals surface area contributed by atoms with Gasteiger partial charge in [0.05, 0.1) is 11.3 Å². The molecule has 0 aliphatic carbocycles. The summed E-state index contributed by atoms with van der Waals surface area (Å²) in [5.74, 6) is -0.301. The number of aromatic nitrogens is 4. The van der Waals surface area contributed by atoms with Crippen molar-refractivity contribution in [3.05, 3.63) is 67.9 Å². The van der Waals surface area contributed by atoms with Crippen LogP contribution < -0.4 is 16.6 Å². The van der Waals surface area contributed by atoms with Crippen molar-refractivity contribution >= 4 is 45.0 Å². The standard InChI is InChI=1S/C19H16ClN5O3S/c1-23-17-16(18(27)24(2)19(23)28)25(10-21-17)8-14(26)22-15-7-12(9-29-15)11-3-5-13(20)6-4-11/h3-7,9-10H,8H2,1-2H3,(H,22,26). The normalized spacial score (nSPS) is 11.1. The SMILES string of the molecule is Cn1c(=O)c2c(ncn2CC(=O)Nc2cc(-c3ccc(Cl)cc3)cs2)n(C)c1=O. The van der Waals surface area contributed by atoms with E-state index in [9.17, 15) is 14.4 Å². The maximum Gasteiger partial charge on any atom is 0.332 e. The predicted molar refractivity (Wildman–Crippen MR) is 114 cm³/mol. The second-order valence-electron chi connectivity index (χ2n) is 6.51. The van der Waals surface area contributed by atoms with Crippen molar-refractivity contribution < 1.29 is 4.79 Å². The van der Waals surface area contributed by atoms with Crippen LogP contribution in [0.2, 0.25) is 5.02 Å². The highest BCUT2D eigenvalue weighted by Gasteiger charge is 2.16. The number of nitrogens with zero attached hydrogens (tertiary/aromatic N) is 4. The largest absolute Gasteiger partial charge is 0.332 e. The molecule has 0 unspecified atom stereocenters. The molecule has 0 aliphatic heterocycles. The number of thiophene rings is 1. The van der Waals surface area contributed by atoms with Gasteiger partial charge in [-0.05, 0) is 29.3 Å². The number of hydrogen-bond donors (Lipinski definition) is 1. The number of rotatable bonds is 4. The molecule has 29 heavy (non-hydrogen) atoms. The van der Waals surface area contributed by atoms with Crippen LogP contribution in [-0.4, -0.2) is 24.6 Å². The van der Waals surface area contributed by atoms with Crippen molar-refractivity contribution in [1.82, 2.24) is 18.7 Å². The van der Waals surface area contributed by atoms with Crippen molar-refractivity contribution in [2.45, 2.75) is 6.54 Å².